The van der Waals surface area contributed by atoms with E-state index < -0.39 is 23.7 Å². The summed E-state index contributed by atoms with van der Waals surface area (Å²) in [4.78, 5) is 51.6. The molecule has 4 rings (SSSR count). The Morgan fingerprint density at radius 2 is 1.63 bits per heavy atom. The van der Waals surface area contributed by atoms with Gasteiger partial charge in [-0.3, -0.25) is 14.4 Å². The van der Waals surface area contributed by atoms with Gasteiger partial charge in [0, 0.05) is 11.3 Å². The van der Waals surface area contributed by atoms with Gasteiger partial charge in [-0.25, -0.2) is 9.69 Å². The molecule has 0 saturated heterocycles. The van der Waals surface area contributed by atoms with Crippen LogP contribution in [0.3, 0.4) is 0 Å². The summed E-state index contributed by atoms with van der Waals surface area (Å²) in [5.41, 5.74) is 2.22. The Hall–Kier alpha value is -4.43. The van der Waals surface area contributed by atoms with Crippen molar-refractivity contribution in [1.29, 1.82) is 0 Å². The molecule has 0 bridgehead atoms. The minimum atomic E-state index is -0.637. The van der Waals surface area contributed by atoms with Crippen molar-refractivity contribution in [3.8, 4) is 0 Å². The Balaban J connectivity index is 1.56. The molecule has 0 fully saturated rings. The summed E-state index contributed by atoms with van der Waals surface area (Å²) >= 11 is 6.22. The largest absolute Gasteiger partial charge is 0.465 e. The van der Waals surface area contributed by atoms with Crippen LogP contribution in [0.1, 0.15) is 26.3 Å². The van der Waals surface area contributed by atoms with Crippen LogP contribution < -0.4 is 15.5 Å². The first kappa shape index (κ1) is 23.7. The number of nitrogens with one attached hydrogen (secondary N) is 2. The molecule has 0 atom stereocenters. The highest BCUT2D eigenvalue weighted by Gasteiger charge is 2.39. The maximum atomic E-state index is 13.1. The van der Waals surface area contributed by atoms with Gasteiger partial charge in [-0.1, -0.05) is 48.0 Å². The van der Waals surface area contributed by atoms with E-state index in [1.54, 1.807) is 67.6 Å². The molecular formula is C26H20ClN3O5. The van der Waals surface area contributed by atoms with Gasteiger partial charge in [0.1, 0.15) is 10.7 Å². The summed E-state index contributed by atoms with van der Waals surface area (Å²) in [5.74, 6) is -2.31. The number of benzene rings is 3. The molecule has 1 heterocycles. The SMILES string of the molecule is COC(=O)c1ccccc1NC(=O)c1cccc(NC2=C(Cl)C(=O)N(c3ccccc3C)C2=O)c1. The lowest BCUT2D eigenvalue weighted by atomic mass is 10.1. The van der Waals surface area contributed by atoms with Gasteiger partial charge in [0.05, 0.1) is 24.0 Å². The summed E-state index contributed by atoms with van der Waals surface area (Å²) < 4.78 is 4.75. The van der Waals surface area contributed by atoms with E-state index >= 15 is 0 Å². The van der Waals surface area contributed by atoms with Gasteiger partial charge in [0.15, 0.2) is 0 Å². The molecule has 0 spiro atoms. The third-order valence-electron chi connectivity index (χ3n) is 5.36. The molecule has 0 unspecified atom stereocenters. The van der Waals surface area contributed by atoms with Crippen molar-refractivity contribution >= 4 is 52.4 Å². The molecule has 0 aromatic heterocycles. The van der Waals surface area contributed by atoms with E-state index in [0.717, 1.165) is 10.5 Å². The second-order valence-corrected chi connectivity index (χ2v) is 8.00. The van der Waals surface area contributed by atoms with Crippen LogP contribution in [-0.2, 0) is 14.3 Å². The summed E-state index contributed by atoms with van der Waals surface area (Å²) in [7, 11) is 1.26. The van der Waals surface area contributed by atoms with Crippen molar-refractivity contribution in [1.82, 2.24) is 0 Å². The molecule has 3 aromatic carbocycles. The molecule has 176 valence electrons. The average molecular weight is 490 g/mol. The number of para-hydroxylation sites is 2. The number of aryl methyl sites for hydroxylation is 1. The number of amides is 3. The minimum Gasteiger partial charge on any atom is -0.465 e. The predicted octanol–water partition coefficient (Wildman–Crippen LogP) is 4.47. The first-order valence-corrected chi connectivity index (χ1v) is 10.9. The topological polar surface area (TPSA) is 105 Å². The van der Waals surface area contributed by atoms with Crippen LogP contribution in [0.15, 0.2) is 83.5 Å². The van der Waals surface area contributed by atoms with Crippen molar-refractivity contribution < 1.29 is 23.9 Å². The van der Waals surface area contributed by atoms with E-state index in [9.17, 15) is 19.2 Å². The summed E-state index contributed by atoms with van der Waals surface area (Å²) in [5, 5.41) is 5.31. The lowest BCUT2D eigenvalue weighted by Gasteiger charge is -2.17. The van der Waals surface area contributed by atoms with Crippen molar-refractivity contribution in [2.75, 3.05) is 22.6 Å². The fraction of sp³-hybridized carbons (Fsp3) is 0.0769. The first-order chi connectivity index (χ1) is 16.8. The van der Waals surface area contributed by atoms with E-state index in [1.165, 1.54) is 19.2 Å². The van der Waals surface area contributed by atoms with Crippen molar-refractivity contribution in [2.45, 2.75) is 6.92 Å². The highest BCUT2D eigenvalue weighted by molar-refractivity contribution is 6.53. The number of esters is 1. The second-order valence-electron chi connectivity index (χ2n) is 7.62. The quantitative estimate of drug-likeness (QED) is 0.391. The average Bonchev–Trinajstić information content (AvgIpc) is 3.07. The van der Waals surface area contributed by atoms with E-state index in [4.69, 9.17) is 16.3 Å². The molecule has 3 aromatic rings. The molecule has 1 aliphatic heterocycles. The number of carbonyl (C=O) groups excluding carboxylic acids is 4. The van der Waals surface area contributed by atoms with Crippen molar-refractivity contribution in [2.24, 2.45) is 0 Å². The number of anilines is 3. The summed E-state index contributed by atoms with van der Waals surface area (Å²) in [6.07, 6.45) is 0. The lowest BCUT2D eigenvalue weighted by molar-refractivity contribution is -0.120. The third-order valence-corrected chi connectivity index (χ3v) is 5.71. The van der Waals surface area contributed by atoms with Crippen LogP contribution in [0.25, 0.3) is 0 Å². The van der Waals surface area contributed by atoms with E-state index in [0.29, 0.717) is 17.1 Å². The van der Waals surface area contributed by atoms with Crippen LogP contribution in [0, 0.1) is 6.92 Å². The molecule has 0 saturated carbocycles. The van der Waals surface area contributed by atoms with Gasteiger partial charge >= 0.3 is 5.97 Å². The Bertz CT molecular complexity index is 1400. The molecule has 0 radical (unpaired) electrons. The van der Waals surface area contributed by atoms with E-state index in [-0.39, 0.29) is 21.9 Å². The maximum absolute atomic E-state index is 13.1. The predicted molar refractivity (Wildman–Crippen MR) is 132 cm³/mol. The Labute approximate surface area is 206 Å². The Kier molecular flexibility index (Phi) is 6.66. The van der Waals surface area contributed by atoms with Gasteiger partial charge in [-0.2, -0.15) is 0 Å². The zero-order valence-corrected chi connectivity index (χ0v) is 19.6. The fourth-order valence-electron chi connectivity index (χ4n) is 3.60. The van der Waals surface area contributed by atoms with Crippen LogP contribution in [0.4, 0.5) is 17.1 Å². The molecule has 3 amide bonds. The standard InChI is InChI=1S/C26H20ClN3O5/c1-15-8-3-6-13-20(15)30-24(32)21(27)22(25(30)33)28-17-10-7-9-16(14-17)23(31)29-19-12-5-4-11-18(19)26(34)35-2/h3-14,28H,1-2H3,(H,29,31). The molecule has 1 aliphatic rings. The molecule has 0 aliphatic carbocycles. The second kappa shape index (κ2) is 9.82. The van der Waals surface area contributed by atoms with Crippen molar-refractivity contribution in [3.05, 3.63) is 100 Å². The first-order valence-electron chi connectivity index (χ1n) is 10.5. The van der Waals surface area contributed by atoms with Gasteiger partial charge in [0.2, 0.25) is 0 Å². The normalized spacial score (nSPS) is 13.2. The van der Waals surface area contributed by atoms with Crippen molar-refractivity contribution in [3.63, 3.8) is 0 Å². The van der Waals surface area contributed by atoms with Gasteiger partial charge < -0.3 is 15.4 Å². The molecule has 8 nitrogen and oxygen atoms in total. The molecule has 9 heteroatoms. The smallest absolute Gasteiger partial charge is 0.339 e. The number of rotatable bonds is 6. The van der Waals surface area contributed by atoms with E-state index in [2.05, 4.69) is 10.6 Å². The minimum absolute atomic E-state index is 0.0893. The fourth-order valence-corrected chi connectivity index (χ4v) is 3.81. The number of carbonyl (C=O) groups is 4. The van der Waals surface area contributed by atoms with Gasteiger partial charge in [0.25, 0.3) is 17.7 Å². The lowest BCUT2D eigenvalue weighted by Crippen LogP contribution is -2.32. The number of hydrogen-bond donors (Lipinski definition) is 2. The van der Waals surface area contributed by atoms with Gasteiger partial charge in [-0.15, -0.1) is 0 Å². The zero-order valence-electron chi connectivity index (χ0n) is 18.8. The molecule has 35 heavy (non-hydrogen) atoms. The van der Waals surface area contributed by atoms with E-state index in [1.807, 2.05) is 0 Å². The van der Waals surface area contributed by atoms with Crippen LogP contribution in [-0.4, -0.2) is 30.8 Å². The monoisotopic (exact) mass is 489 g/mol. The van der Waals surface area contributed by atoms with Gasteiger partial charge in [-0.05, 0) is 48.9 Å². The Morgan fingerprint density at radius 1 is 0.914 bits per heavy atom. The van der Waals surface area contributed by atoms with Crippen LogP contribution in [0.5, 0.6) is 0 Å². The highest BCUT2D eigenvalue weighted by atomic mass is 35.5. The molecular weight excluding hydrogens is 470 g/mol. The summed E-state index contributed by atoms with van der Waals surface area (Å²) in [6, 6.07) is 19.7. The number of nitrogens with zero attached hydrogens (tertiary/aromatic N) is 1. The maximum Gasteiger partial charge on any atom is 0.339 e. The molecule has 2 N–H and O–H groups in total. The number of methoxy groups -OCH3 is 1. The Morgan fingerprint density at radius 3 is 2.37 bits per heavy atom. The summed E-state index contributed by atoms with van der Waals surface area (Å²) in [6.45, 7) is 1.79. The highest BCUT2D eigenvalue weighted by Crippen LogP contribution is 2.32. The third kappa shape index (κ3) is 4.64. The number of imide groups is 1. The zero-order chi connectivity index (χ0) is 25.1. The number of hydrogen-bond acceptors (Lipinski definition) is 6. The van der Waals surface area contributed by atoms with Crippen LogP contribution >= 0.6 is 11.6 Å². The van der Waals surface area contributed by atoms with Crippen LogP contribution in [0.2, 0.25) is 0 Å². The number of ether oxygens (including phenoxy) is 1. The number of halogens is 1.